The zero-order valence-corrected chi connectivity index (χ0v) is 20.5. The summed E-state index contributed by atoms with van der Waals surface area (Å²) in [5, 5.41) is 17.9. The molecule has 4 rings (SSSR count). The Bertz CT molecular complexity index is 1160. The van der Waals surface area contributed by atoms with Crippen LogP contribution in [0.4, 0.5) is 0 Å². The highest BCUT2D eigenvalue weighted by Crippen LogP contribution is 2.45. The van der Waals surface area contributed by atoms with Gasteiger partial charge in [0.2, 0.25) is 0 Å². The summed E-state index contributed by atoms with van der Waals surface area (Å²) in [6.07, 6.45) is 2.69. The van der Waals surface area contributed by atoms with Crippen LogP contribution < -0.4 is 9.47 Å². The number of benzene rings is 2. The number of aromatic amines is 1. The molecular formula is C27H33N3O5. The number of H-pyrrole nitrogens is 1. The molecule has 0 radical (unpaired) electrons. The summed E-state index contributed by atoms with van der Waals surface area (Å²) >= 11 is 0. The van der Waals surface area contributed by atoms with Gasteiger partial charge in [-0.1, -0.05) is 31.5 Å². The highest BCUT2D eigenvalue weighted by atomic mass is 16.5. The van der Waals surface area contributed by atoms with Gasteiger partial charge in [-0.2, -0.15) is 5.10 Å². The van der Waals surface area contributed by atoms with E-state index < -0.39 is 6.04 Å². The van der Waals surface area contributed by atoms with Crippen LogP contribution in [0.1, 0.15) is 60.8 Å². The summed E-state index contributed by atoms with van der Waals surface area (Å²) in [7, 11) is 1.65. The number of phenols is 1. The van der Waals surface area contributed by atoms with Crippen molar-refractivity contribution in [3.8, 4) is 28.5 Å². The van der Waals surface area contributed by atoms with Crippen molar-refractivity contribution in [3.63, 3.8) is 0 Å². The second-order valence-corrected chi connectivity index (χ2v) is 8.47. The van der Waals surface area contributed by atoms with Gasteiger partial charge >= 0.3 is 0 Å². The molecule has 0 bridgehead atoms. The molecule has 1 aliphatic heterocycles. The van der Waals surface area contributed by atoms with Crippen molar-refractivity contribution >= 4 is 5.91 Å². The quantitative estimate of drug-likeness (QED) is 0.357. The molecule has 0 spiro atoms. The first kappa shape index (κ1) is 24.6. The molecule has 35 heavy (non-hydrogen) atoms. The molecule has 0 aliphatic carbocycles. The summed E-state index contributed by atoms with van der Waals surface area (Å²) in [6, 6.07) is 12.5. The summed E-state index contributed by atoms with van der Waals surface area (Å²) in [5.41, 5.74) is 3.21. The Morgan fingerprint density at radius 2 is 1.89 bits per heavy atom. The number of hydrogen-bond donors (Lipinski definition) is 2. The van der Waals surface area contributed by atoms with Crippen LogP contribution in [0.2, 0.25) is 0 Å². The molecule has 186 valence electrons. The van der Waals surface area contributed by atoms with Crippen LogP contribution in [0.25, 0.3) is 11.3 Å². The van der Waals surface area contributed by atoms with Crippen LogP contribution >= 0.6 is 0 Å². The van der Waals surface area contributed by atoms with E-state index in [1.165, 1.54) is 0 Å². The predicted octanol–water partition coefficient (Wildman–Crippen LogP) is 4.94. The van der Waals surface area contributed by atoms with Crippen LogP contribution in [-0.2, 0) is 4.74 Å². The molecule has 0 saturated heterocycles. The smallest absolute Gasteiger partial charge is 0.273 e. The highest BCUT2D eigenvalue weighted by Gasteiger charge is 2.42. The van der Waals surface area contributed by atoms with E-state index in [0.717, 1.165) is 24.0 Å². The van der Waals surface area contributed by atoms with Gasteiger partial charge in [-0.3, -0.25) is 9.89 Å². The van der Waals surface area contributed by atoms with Crippen molar-refractivity contribution in [2.24, 2.45) is 0 Å². The Morgan fingerprint density at radius 3 is 2.63 bits per heavy atom. The minimum atomic E-state index is -0.397. The fraction of sp³-hybridized carbons (Fsp3) is 0.407. The molecule has 2 N–H and O–H groups in total. The number of unbranched alkanes of at least 4 members (excludes halogenated alkanes) is 1. The molecular weight excluding hydrogens is 446 g/mol. The van der Waals surface area contributed by atoms with Gasteiger partial charge < -0.3 is 24.2 Å². The Morgan fingerprint density at radius 1 is 1.06 bits per heavy atom. The average molecular weight is 480 g/mol. The maximum absolute atomic E-state index is 13.5. The van der Waals surface area contributed by atoms with Crippen molar-refractivity contribution in [1.29, 1.82) is 0 Å². The van der Waals surface area contributed by atoms with E-state index in [1.807, 2.05) is 36.1 Å². The van der Waals surface area contributed by atoms with Crippen molar-refractivity contribution in [1.82, 2.24) is 15.1 Å². The van der Waals surface area contributed by atoms with Gasteiger partial charge in [0.05, 0.1) is 19.3 Å². The van der Waals surface area contributed by atoms with Crippen LogP contribution in [0.3, 0.4) is 0 Å². The first-order valence-corrected chi connectivity index (χ1v) is 12.2. The second-order valence-electron chi connectivity index (χ2n) is 8.47. The normalized spacial score (nSPS) is 14.9. The Labute approximate surface area is 205 Å². The second kappa shape index (κ2) is 11.3. The molecule has 3 aromatic rings. The zero-order chi connectivity index (χ0) is 24.8. The van der Waals surface area contributed by atoms with Crippen molar-refractivity contribution < 1.29 is 24.1 Å². The van der Waals surface area contributed by atoms with Crippen LogP contribution in [0, 0.1) is 0 Å². The van der Waals surface area contributed by atoms with Crippen molar-refractivity contribution in [2.45, 2.75) is 39.2 Å². The number of fused-ring (bicyclic) bond motifs is 1. The topological polar surface area (TPSA) is 96.9 Å². The lowest BCUT2D eigenvalue weighted by molar-refractivity contribution is 0.0723. The third-order valence-corrected chi connectivity index (χ3v) is 6.11. The highest BCUT2D eigenvalue weighted by molar-refractivity contribution is 6.00. The number of para-hydroxylation sites is 1. The number of carbonyl (C=O) groups excluding carboxylic acids is 1. The molecule has 0 unspecified atom stereocenters. The fourth-order valence-electron chi connectivity index (χ4n) is 4.44. The zero-order valence-electron chi connectivity index (χ0n) is 20.5. The first-order valence-electron chi connectivity index (χ1n) is 12.2. The molecule has 2 aromatic carbocycles. The summed E-state index contributed by atoms with van der Waals surface area (Å²) in [6.45, 7) is 6.22. The number of phenolic OH excluding ortho intramolecular Hbond substituents is 1. The number of aromatic nitrogens is 2. The third-order valence-electron chi connectivity index (χ3n) is 6.11. The molecule has 2 heterocycles. The SMILES string of the molecule is CCCCOc1ccc([C@H]2c3c(-c4ccccc4O)n[nH]c3C(=O)N2CCCOC)cc1OCC. The lowest BCUT2D eigenvalue weighted by Crippen LogP contribution is -2.31. The number of rotatable bonds is 12. The van der Waals surface area contributed by atoms with Gasteiger partial charge in [0, 0.05) is 31.4 Å². The maximum atomic E-state index is 13.5. The Kier molecular flexibility index (Phi) is 7.92. The molecule has 1 amide bonds. The maximum Gasteiger partial charge on any atom is 0.273 e. The summed E-state index contributed by atoms with van der Waals surface area (Å²) in [5.74, 6) is 1.32. The summed E-state index contributed by atoms with van der Waals surface area (Å²) < 4.78 is 17.1. The van der Waals surface area contributed by atoms with E-state index in [-0.39, 0.29) is 11.7 Å². The lowest BCUT2D eigenvalue weighted by atomic mass is 9.95. The number of hydrogen-bond acceptors (Lipinski definition) is 6. The first-order chi connectivity index (χ1) is 17.1. The number of nitrogens with one attached hydrogen (secondary N) is 1. The van der Waals surface area contributed by atoms with E-state index in [4.69, 9.17) is 14.2 Å². The van der Waals surface area contributed by atoms with Crippen molar-refractivity contribution in [3.05, 3.63) is 59.3 Å². The lowest BCUT2D eigenvalue weighted by Gasteiger charge is -2.27. The minimum Gasteiger partial charge on any atom is -0.507 e. The fourth-order valence-corrected chi connectivity index (χ4v) is 4.44. The standard InChI is InChI=1S/C27H33N3O5/c1-4-6-16-35-21-13-12-18(17-22(21)34-5-2)26-23-24(19-10-7-8-11-20(19)31)28-29-25(23)27(32)30(26)14-9-15-33-3/h7-8,10-13,17,26,31H,4-6,9,14-16H2,1-3H3,(H,28,29)/t26-/m0/s1. The Balaban J connectivity index is 1.79. The monoisotopic (exact) mass is 479 g/mol. The van der Waals surface area contributed by atoms with Gasteiger partial charge in [-0.05, 0) is 49.6 Å². The molecule has 1 aliphatic rings. The number of aromatic hydroxyl groups is 1. The molecule has 8 nitrogen and oxygen atoms in total. The van der Waals surface area contributed by atoms with Gasteiger partial charge in [-0.15, -0.1) is 0 Å². The van der Waals surface area contributed by atoms with Gasteiger partial charge in [0.25, 0.3) is 5.91 Å². The number of amides is 1. The van der Waals surface area contributed by atoms with Gasteiger partial charge in [-0.25, -0.2) is 0 Å². The van der Waals surface area contributed by atoms with Crippen LogP contribution in [0.5, 0.6) is 17.2 Å². The van der Waals surface area contributed by atoms with Crippen LogP contribution in [-0.4, -0.2) is 59.6 Å². The molecule has 0 fully saturated rings. The van der Waals surface area contributed by atoms with E-state index in [0.29, 0.717) is 61.2 Å². The van der Waals surface area contributed by atoms with E-state index in [1.54, 1.807) is 25.3 Å². The van der Waals surface area contributed by atoms with Gasteiger partial charge in [0.1, 0.15) is 17.1 Å². The van der Waals surface area contributed by atoms with E-state index >= 15 is 0 Å². The molecule has 1 aromatic heterocycles. The van der Waals surface area contributed by atoms with Crippen molar-refractivity contribution in [2.75, 3.05) is 33.5 Å². The minimum absolute atomic E-state index is 0.112. The van der Waals surface area contributed by atoms with E-state index in [2.05, 4.69) is 17.1 Å². The third kappa shape index (κ3) is 4.98. The number of nitrogens with zero attached hydrogens (tertiary/aromatic N) is 2. The van der Waals surface area contributed by atoms with Gasteiger partial charge in [0.15, 0.2) is 11.5 Å². The Hall–Kier alpha value is -3.52. The van der Waals surface area contributed by atoms with E-state index in [9.17, 15) is 9.90 Å². The summed E-state index contributed by atoms with van der Waals surface area (Å²) in [4.78, 5) is 15.3. The number of carbonyl (C=O) groups is 1. The largest absolute Gasteiger partial charge is 0.507 e. The number of ether oxygens (including phenoxy) is 3. The number of methoxy groups -OCH3 is 1. The average Bonchev–Trinajstić information content (AvgIpc) is 3.40. The van der Waals surface area contributed by atoms with Crippen LogP contribution in [0.15, 0.2) is 42.5 Å². The predicted molar refractivity (Wildman–Crippen MR) is 133 cm³/mol. The molecule has 8 heteroatoms. The molecule has 0 saturated carbocycles. The molecule has 1 atom stereocenters.